The number of nitrogens with one attached hydrogen (secondary N) is 1. The molecule has 158 valence electrons. The minimum Gasteiger partial charge on any atom is -0.355 e. The molecule has 2 amide bonds. The van der Waals surface area contributed by atoms with Crippen molar-refractivity contribution < 1.29 is 14.0 Å². The SMILES string of the molecule is O=C(NCC1(c2cccc(Br)c2)CCC1)C1CCN(C(=O)c2ccc(F)cc2)CC1. The Morgan fingerprint density at radius 1 is 1.10 bits per heavy atom. The zero-order valence-corrected chi connectivity index (χ0v) is 18.5. The van der Waals surface area contributed by atoms with Crippen molar-refractivity contribution in [2.24, 2.45) is 5.92 Å². The smallest absolute Gasteiger partial charge is 0.253 e. The maximum Gasteiger partial charge on any atom is 0.253 e. The Hall–Kier alpha value is -2.21. The summed E-state index contributed by atoms with van der Waals surface area (Å²) in [5.74, 6) is -0.432. The van der Waals surface area contributed by atoms with Crippen LogP contribution in [0.15, 0.2) is 53.0 Å². The second kappa shape index (κ2) is 8.88. The lowest BCUT2D eigenvalue weighted by atomic mass is 9.64. The van der Waals surface area contributed by atoms with Gasteiger partial charge in [0.05, 0.1) is 0 Å². The molecule has 0 bridgehead atoms. The van der Waals surface area contributed by atoms with E-state index < -0.39 is 0 Å². The normalized spacial score (nSPS) is 18.5. The summed E-state index contributed by atoms with van der Waals surface area (Å²) in [5.41, 5.74) is 1.81. The molecule has 0 unspecified atom stereocenters. The number of rotatable bonds is 5. The average molecular weight is 473 g/mol. The van der Waals surface area contributed by atoms with Gasteiger partial charge in [-0.15, -0.1) is 0 Å². The minimum atomic E-state index is -0.353. The number of hydrogen-bond donors (Lipinski definition) is 1. The number of amides is 2. The van der Waals surface area contributed by atoms with Gasteiger partial charge in [-0.25, -0.2) is 4.39 Å². The summed E-state index contributed by atoms with van der Waals surface area (Å²) in [5, 5.41) is 3.20. The molecule has 1 heterocycles. The number of hydrogen-bond acceptors (Lipinski definition) is 2. The van der Waals surface area contributed by atoms with Crippen LogP contribution >= 0.6 is 15.9 Å². The van der Waals surface area contributed by atoms with E-state index in [2.05, 4.69) is 39.4 Å². The molecule has 2 aliphatic rings. The molecule has 0 aromatic heterocycles. The van der Waals surface area contributed by atoms with Crippen molar-refractivity contribution in [3.05, 3.63) is 69.9 Å². The maximum atomic E-state index is 13.1. The van der Waals surface area contributed by atoms with E-state index in [0.29, 0.717) is 38.0 Å². The molecule has 2 aromatic carbocycles. The second-order valence-corrected chi connectivity index (χ2v) is 9.35. The molecule has 6 heteroatoms. The first-order valence-electron chi connectivity index (χ1n) is 10.6. The highest BCUT2D eigenvalue weighted by Crippen LogP contribution is 2.43. The largest absolute Gasteiger partial charge is 0.355 e. The van der Waals surface area contributed by atoms with E-state index in [1.54, 1.807) is 4.90 Å². The van der Waals surface area contributed by atoms with Crippen LogP contribution in [0.1, 0.15) is 48.0 Å². The quantitative estimate of drug-likeness (QED) is 0.686. The van der Waals surface area contributed by atoms with Crippen LogP contribution in [0.5, 0.6) is 0 Å². The number of benzene rings is 2. The number of carbonyl (C=O) groups excluding carboxylic acids is 2. The first-order chi connectivity index (χ1) is 14.5. The van der Waals surface area contributed by atoms with Crippen LogP contribution in [0.2, 0.25) is 0 Å². The van der Waals surface area contributed by atoms with Gasteiger partial charge >= 0.3 is 0 Å². The van der Waals surface area contributed by atoms with E-state index in [-0.39, 0.29) is 29.0 Å². The fourth-order valence-electron chi connectivity index (χ4n) is 4.51. The Balaban J connectivity index is 1.30. The molecule has 1 saturated carbocycles. The summed E-state index contributed by atoms with van der Waals surface area (Å²) in [7, 11) is 0. The van der Waals surface area contributed by atoms with Crippen molar-refractivity contribution in [2.45, 2.75) is 37.5 Å². The summed E-state index contributed by atoms with van der Waals surface area (Å²) >= 11 is 3.55. The Morgan fingerprint density at radius 2 is 1.80 bits per heavy atom. The number of nitrogens with zero attached hydrogens (tertiary/aromatic N) is 1. The Bertz CT molecular complexity index is 919. The lowest BCUT2D eigenvalue weighted by Gasteiger charge is -2.43. The first kappa shape index (κ1) is 21.0. The van der Waals surface area contributed by atoms with Crippen molar-refractivity contribution in [2.75, 3.05) is 19.6 Å². The van der Waals surface area contributed by atoms with E-state index in [4.69, 9.17) is 0 Å². The van der Waals surface area contributed by atoms with Gasteiger partial charge in [0, 0.05) is 41.0 Å². The molecule has 0 spiro atoms. The molecule has 0 atom stereocenters. The third-order valence-electron chi connectivity index (χ3n) is 6.59. The topological polar surface area (TPSA) is 49.4 Å². The zero-order chi connectivity index (χ0) is 21.1. The van der Waals surface area contributed by atoms with Gasteiger partial charge < -0.3 is 10.2 Å². The third-order valence-corrected chi connectivity index (χ3v) is 7.09. The van der Waals surface area contributed by atoms with Crippen molar-refractivity contribution in [1.82, 2.24) is 10.2 Å². The summed E-state index contributed by atoms with van der Waals surface area (Å²) in [4.78, 5) is 27.1. The van der Waals surface area contributed by atoms with Gasteiger partial charge in [-0.1, -0.05) is 34.5 Å². The molecule has 2 aromatic rings. The van der Waals surface area contributed by atoms with Gasteiger partial charge in [-0.3, -0.25) is 9.59 Å². The highest BCUT2D eigenvalue weighted by atomic mass is 79.9. The minimum absolute atomic E-state index is 0.0404. The van der Waals surface area contributed by atoms with E-state index in [0.717, 1.165) is 17.3 Å². The van der Waals surface area contributed by atoms with Crippen LogP contribution in [-0.2, 0) is 10.2 Å². The number of halogens is 2. The van der Waals surface area contributed by atoms with Gasteiger partial charge in [0.2, 0.25) is 5.91 Å². The molecule has 1 aliphatic carbocycles. The predicted octanol–water partition coefficient (Wildman–Crippen LogP) is 4.68. The van der Waals surface area contributed by atoms with Gasteiger partial charge in [0.25, 0.3) is 5.91 Å². The van der Waals surface area contributed by atoms with Crippen LogP contribution < -0.4 is 5.32 Å². The lowest BCUT2D eigenvalue weighted by Crippen LogP contribution is -2.48. The van der Waals surface area contributed by atoms with E-state index in [1.165, 1.54) is 36.2 Å². The summed E-state index contributed by atoms with van der Waals surface area (Å²) in [6.45, 7) is 1.76. The fourth-order valence-corrected chi connectivity index (χ4v) is 4.91. The molecule has 1 saturated heterocycles. The zero-order valence-electron chi connectivity index (χ0n) is 16.9. The van der Waals surface area contributed by atoms with Crippen molar-refractivity contribution in [3.63, 3.8) is 0 Å². The standard InChI is InChI=1S/C24H26BrFN2O2/c25-20-4-1-3-19(15-20)24(11-2-12-24)16-27-22(29)17-9-13-28(14-10-17)23(30)18-5-7-21(26)8-6-18/h1,3-8,15,17H,2,9-14,16H2,(H,27,29). The van der Waals surface area contributed by atoms with Crippen LogP contribution in [0.3, 0.4) is 0 Å². The maximum absolute atomic E-state index is 13.1. The summed E-state index contributed by atoms with van der Waals surface area (Å²) < 4.78 is 14.1. The first-order valence-corrected chi connectivity index (χ1v) is 11.3. The summed E-state index contributed by atoms with van der Waals surface area (Å²) in [6, 6.07) is 14.0. The van der Waals surface area contributed by atoms with Crippen LogP contribution in [0.25, 0.3) is 0 Å². The van der Waals surface area contributed by atoms with Gasteiger partial charge in [-0.05, 0) is 67.6 Å². The van der Waals surface area contributed by atoms with Crippen LogP contribution in [0.4, 0.5) is 4.39 Å². The fraction of sp³-hybridized carbons (Fsp3) is 0.417. The van der Waals surface area contributed by atoms with Gasteiger partial charge in [0.15, 0.2) is 0 Å². The molecule has 4 rings (SSSR count). The van der Waals surface area contributed by atoms with Crippen LogP contribution in [-0.4, -0.2) is 36.3 Å². The number of likely N-dealkylation sites (tertiary alicyclic amines) is 1. The Labute approximate surface area is 185 Å². The average Bonchev–Trinajstić information content (AvgIpc) is 2.73. The molecular formula is C24H26BrFN2O2. The highest BCUT2D eigenvalue weighted by Gasteiger charge is 2.39. The van der Waals surface area contributed by atoms with Crippen molar-refractivity contribution in [1.29, 1.82) is 0 Å². The van der Waals surface area contributed by atoms with Crippen LogP contribution in [0, 0.1) is 11.7 Å². The van der Waals surface area contributed by atoms with Gasteiger partial charge in [0.1, 0.15) is 5.82 Å². The van der Waals surface area contributed by atoms with E-state index in [9.17, 15) is 14.0 Å². The summed E-state index contributed by atoms with van der Waals surface area (Å²) in [6.07, 6.45) is 4.68. The lowest BCUT2D eigenvalue weighted by molar-refractivity contribution is -0.126. The molecule has 1 N–H and O–H groups in total. The molecule has 2 fully saturated rings. The molecular weight excluding hydrogens is 447 g/mol. The van der Waals surface area contributed by atoms with Crippen molar-refractivity contribution >= 4 is 27.7 Å². The van der Waals surface area contributed by atoms with E-state index in [1.807, 2.05) is 6.07 Å². The predicted molar refractivity (Wildman–Crippen MR) is 118 cm³/mol. The monoisotopic (exact) mass is 472 g/mol. The Kier molecular flexibility index (Phi) is 6.23. The number of carbonyl (C=O) groups is 2. The molecule has 30 heavy (non-hydrogen) atoms. The Morgan fingerprint density at radius 3 is 2.40 bits per heavy atom. The second-order valence-electron chi connectivity index (χ2n) is 8.44. The molecule has 4 nitrogen and oxygen atoms in total. The highest BCUT2D eigenvalue weighted by molar-refractivity contribution is 9.10. The van der Waals surface area contributed by atoms with E-state index >= 15 is 0 Å². The van der Waals surface area contributed by atoms with Crippen molar-refractivity contribution in [3.8, 4) is 0 Å². The van der Waals surface area contributed by atoms with Gasteiger partial charge in [-0.2, -0.15) is 0 Å². The molecule has 1 aliphatic heterocycles. The third kappa shape index (κ3) is 4.43. The number of piperidine rings is 1. The molecule has 0 radical (unpaired) electrons.